The highest BCUT2D eigenvalue weighted by atomic mass is 35.5. The van der Waals surface area contributed by atoms with Crippen molar-refractivity contribution >= 4 is 40.1 Å². The van der Waals surface area contributed by atoms with Gasteiger partial charge in [0.2, 0.25) is 0 Å². The number of amides is 1. The number of carbonyl (C=O) groups is 1. The van der Waals surface area contributed by atoms with E-state index in [2.05, 4.69) is 35.5 Å². The van der Waals surface area contributed by atoms with Crippen LogP contribution in [-0.2, 0) is 6.54 Å². The van der Waals surface area contributed by atoms with Crippen molar-refractivity contribution in [2.75, 3.05) is 13.1 Å². The van der Waals surface area contributed by atoms with Crippen molar-refractivity contribution in [3.05, 3.63) is 63.4 Å². The van der Waals surface area contributed by atoms with Gasteiger partial charge in [-0.15, -0.1) is 0 Å². The van der Waals surface area contributed by atoms with E-state index in [0.717, 1.165) is 38.0 Å². The summed E-state index contributed by atoms with van der Waals surface area (Å²) in [5.41, 5.74) is 5.27. The smallest absolute Gasteiger partial charge is 0.255 e. The standard InChI is InChI=1S/C22H23Cl2N3O/c1-14-9-20-21(10-15(14)2)27(13-25-20)12-16-5-7-26(8-6-16)22(28)18-11-17(23)3-4-19(18)24/h3-4,9-11,13,16H,5-8,12H2,1-2H3. The van der Waals surface area contributed by atoms with Crippen molar-refractivity contribution in [1.82, 2.24) is 14.5 Å². The Labute approximate surface area is 175 Å². The topological polar surface area (TPSA) is 38.1 Å². The summed E-state index contributed by atoms with van der Waals surface area (Å²) >= 11 is 12.2. The minimum absolute atomic E-state index is 0.0369. The summed E-state index contributed by atoms with van der Waals surface area (Å²) in [4.78, 5) is 19.2. The minimum atomic E-state index is -0.0369. The molecule has 1 amide bonds. The molecule has 1 aliphatic heterocycles. The first-order valence-corrected chi connectivity index (χ1v) is 10.3. The number of halogens is 2. The Kier molecular flexibility index (Phi) is 5.35. The molecule has 4 nitrogen and oxygen atoms in total. The third-order valence-corrected chi connectivity index (χ3v) is 6.32. The number of aryl methyl sites for hydroxylation is 2. The van der Waals surface area contributed by atoms with Crippen LogP contribution >= 0.6 is 23.2 Å². The third kappa shape index (κ3) is 3.76. The Morgan fingerprint density at radius 1 is 1.11 bits per heavy atom. The average molecular weight is 416 g/mol. The molecule has 4 rings (SSSR count). The van der Waals surface area contributed by atoms with Crippen molar-refractivity contribution in [2.24, 2.45) is 5.92 Å². The highest BCUT2D eigenvalue weighted by molar-refractivity contribution is 6.35. The minimum Gasteiger partial charge on any atom is -0.339 e. The van der Waals surface area contributed by atoms with E-state index in [0.29, 0.717) is 21.5 Å². The first-order valence-electron chi connectivity index (χ1n) is 9.59. The summed E-state index contributed by atoms with van der Waals surface area (Å²) in [6.07, 6.45) is 3.87. The van der Waals surface area contributed by atoms with Gasteiger partial charge in [0.1, 0.15) is 0 Å². The molecule has 2 aromatic carbocycles. The number of carbonyl (C=O) groups excluding carboxylic acids is 1. The lowest BCUT2D eigenvalue weighted by molar-refractivity contribution is 0.0683. The SMILES string of the molecule is Cc1cc2ncn(CC3CCN(C(=O)c4cc(Cl)ccc4Cl)CC3)c2cc1C. The van der Waals surface area contributed by atoms with Crippen LogP contribution in [0.4, 0.5) is 0 Å². The number of nitrogens with zero attached hydrogens (tertiary/aromatic N) is 3. The molecule has 3 aromatic rings. The first-order chi connectivity index (χ1) is 13.4. The lowest BCUT2D eigenvalue weighted by Gasteiger charge is -2.32. The first kappa shape index (κ1) is 19.3. The lowest BCUT2D eigenvalue weighted by Crippen LogP contribution is -2.39. The number of fused-ring (bicyclic) bond motifs is 1. The number of hydrogen-bond acceptors (Lipinski definition) is 2. The zero-order valence-electron chi connectivity index (χ0n) is 16.1. The van der Waals surface area contributed by atoms with Crippen LogP contribution in [0, 0.1) is 19.8 Å². The summed E-state index contributed by atoms with van der Waals surface area (Å²) in [5, 5.41) is 0.979. The number of hydrogen-bond donors (Lipinski definition) is 0. The summed E-state index contributed by atoms with van der Waals surface area (Å²) in [6.45, 7) is 6.65. The molecule has 0 spiro atoms. The molecule has 0 atom stereocenters. The predicted molar refractivity (Wildman–Crippen MR) is 114 cm³/mol. The fourth-order valence-electron chi connectivity index (χ4n) is 3.89. The van der Waals surface area contributed by atoms with Gasteiger partial charge in [0.15, 0.2) is 0 Å². The van der Waals surface area contributed by atoms with Gasteiger partial charge in [-0.2, -0.15) is 0 Å². The molecule has 0 bridgehead atoms. The summed E-state index contributed by atoms with van der Waals surface area (Å²) < 4.78 is 2.25. The van der Waals surface area contributed by atoms with Crippen LogP contribution in [0.25, 0.3) is 11.0 Å². The van der Waals surface area contributed by atoms with Gasteiger partial charge in [-0.05, 0) is 74.1 Å². The molecule has 0 radical (unpaired) electrons. The second-order valence-corrected chi connectivity index (χ2v) is 8.53. The molecule has 1 saturated heterocycles. The summed E-state index contributed by atoms with van der Waals surface area (Å²) in [6, 6.07) is 9.40. The molecule has 1 aliphatic rings. The molecule has 146 valence electrons. The van der Waals surface area contributed by atoms with Gasteiger partial charge in [-0.3, -0.25) is 4.79 Å². The quantitative estimate of drug-likeness (QED) is 0.565. The molecule has 0 unspecified atom stereocenters. The van der Waals surface area contributed by atoms with E-state index < -0.39 is 0 Å². The van der Waals surface area contributed by atoms with Crippen LogP contribution in [0.5, 0.6) is 0 Å². The van der Waals surface area contributed by atoms with E-state index in [1.807, 2.05) is 11.2 Å². The van der Waals surface area contributed by atoms with Crippen molar-refractivity contribution in [3.8, 4) is 0 Å². The van der Waals surface area contributed by atoms with Crippen molar-refractivity contribution in [1.29, 1.82) is 0 Å². The molecular formula is C22H23Cl2N3O. The van der Waals surface area contributed by atoms with Gasteiger partial charge in [0.25, 0.3) is 5.91 Å². The summed E-state index contributed by atoms with van der Waals surface area (Å²) in [7, 11) is 0. The number of likely N-dealkylation sites (tertiary alicyclic amines) is 1. The van der Waals surface area contributed by atoms with Crippen LogP contribution < -0.4 is 0 Å². The van der Waals surface area contributed by atoms with Crippen LogP contribution in [0.2, 0.25) is 10.0 Å². The number of aromatic nitrogens is 2. The predicted octanol–water partition coefficient (Wildman–Crippen LogP) is 5.51. The zero-order chi connectivity index (χ0) is 19.8. The Bertz CT molecular complexity index is 1040. The van der Waals surface area contributed by atoms with E-state index in [1.165, 1.54) is 16.6 Å². The molecule has 1 aromatic heterocycles. The maximum atomic E-state index is 12.8. The van der Waals surface area contributed by atoms with Crippen molar-refractivity contribution in [2.45, 2.75) is 33.2 Å². The highest BCUT2D eigenvalue weighted by Gasteiger charge is 2.25. The molecule has 6 heteroatoms. The zero-order valence-corrected chi connectivity index (χ0v) is 17.6. The van der Waals surface area contributed by atoms with E-state index in [4.69, 9.17) is 23.2 Å². The van der Waals surface area contributed by atoms with E-state index in [-0.39, 0.29) is 5.91 Å². The molecule has 0 saturated carbocycles. The number of imidazole rings is 1. The number of rotatable bonds is 3. The van der Waals surface area contributed by atoms with Gasteiger partial charge in [0, 0.05) is 24.7 Å². The largest absolute Gasteiger partial charge is 0.339 e. The van der Waals surface area contributed by atoms with Crippen molar-refractivity contribution < 1.29 is 4.79 Å². The lowest BCUT2D eigenvalue weighted by atomic mass is 9.96. The Morgan fingerprint density at radius 3 is 2.57 bits per heavy atom. The molecule has 28 heavy (non-hydrogen) atoms. The maximum absolute atomic E-state index is 12.8. The molecular weight excluding hydrogens is 393 g/mol. The van der Waals surface area contributed by atoms with Gasteiger partial charge in [-0.25, -0.2) is 4.98 Å². The van der Waals surface area contributed by atoms with E-state index in [9.17, 15) is 4.79 Å². The normalized spacial score (nSPS) is 15.4. The molecule has 0 N–H and O–H groups in total. The Morgan fingerprint density at radius 2 is 1.82 bits per heavy atom. The third-order valence-electron chi connectivity index (χ3n) is 5.75. The Hall–Kier alpha value is -2.04. The molecule has 0 aliphatic carbocycles. The monoisotopic (exact) mass is 415 g/mol. The van der Waals surface area contributed by atoms with Gasteiger partial charge in [0.05, 0.1) is 27.9 Å². The van der Waals surface area contributed by atoms with Gasteiger partial charge in [-0.1, -0.05) is 23.2 Å². The molecule has 2 heterocycles. The van der Waals surface area contributed by atoms with Crippen molar-refractivity contribution in [3.63, 3.8) is 0 Å². The molecule has 1 fully saturated rings. The second kappa shape index (κ2) is 7.76. The van der Waals surface area contributed by atoms with Gasteiger partial charge >= 0.3 is 0 Å². The second-order valence-electron chi connectivity index (χ2n) is 7.68. The highest BCUT2D eigenvalue weighted by Crippen LogP contribution is 2.27. The fourth-order valence-corrected chi connectivity index (χ4v) is 4.26. The van der Waals surface area contributed by atoms with Crippen LogP contribution in [-0.4, -0.2) is 33.4 Å². The fraction of sp³-hybridized carbons (Fsp3) is 0.364. The number of piperidine rings is 1. The van der Waals surface area contributed by atoms with E-state index in [1.54, 1.807) is 18.2 Å². The average Bonchev–Trinajstić information content (AvgIpc) is 3.05. The maximum Gasteiger partial charge on any atom is 0.255 e. The van der Waals surface area contributed by atoms with E-state index >= 15 is 0 Å². The Balaban J connectivity index is 1.43. The van der Waals surface area contributed by atoms with Crippen LogP contribution in [0.15, 0.2) is 36.7 Å². The van der Waals surface area contributed by atoms with Crippen LogP contribution in [0.1, 0.15) is 34.3 Å². The summed E-state index contributed by atoms with van der Waals surface area (Å²) in [5.74, 6) is 0.489. The van der Waals surface area contributed by atoms with Crippen LogP contribution in [0.3, 0.4) is 0 Å². The number of benzene rings is 2. The van der Waals surface area contributed by atoms with Gasteiger partial charge < -0.3 is 9.47 Å².